The molecular weight excluding hydrogens is 308 g/mol. The van der Waals surface area contributed by atoms with E-state index in [4.69, 9.17) is 0 Å². The molecule has 7 heteroatoms. The highest BCUT2D eigenvalue weighted by atomic mass is 16.2. The summed E-state index contributed by atoms with van der Waals surface area (Å²) in [6.45, 7) is 6.22. The molecule has 132 valence electrons. The maximum Gasteiger partial charge on any atom is 0.315 e. The van der Waals surface area contributed by atoms with Crippen molar-refractivity contribution in [3.8, 4) is 0 Å². The second-order valence-electron chi connectivity index (χ2n) is 5.71. The van der Waals surface area contributed by atoms with Gasteiger partial charge in [-0.2, -0.15) is 0 Å². The van der Waals surface area contributed by atoms with Gasteiger partial charge in [0.15, 0.2) is 0 Å². The highest BCUT2D eigenvalue weighted by molar-refractivity contribution is 5.90. The van der Waals surface area contributed by atoms with E-state index in [1.807, 2.05) is 44.2 Å². The fraction of sp³-hybridized carbons (Fsp3) is 0.471. The maximum atomic E-state index is 12.2. The Balaban J connectivity index is 2.47. The second-order valence-corrected chi connectivity index (χ2v) is 5.71. The molecule has 1 unspecified atom stereocenters. The van der Waals surface area contributed by atoms with Crippen molar-refractivity contribution in [2.45, 2.75) is 33.4 Å². The van der Waals surface area contributed by atoms with Gasteiger partial charge >= 0.3 is 6.03 Å². The zero-order valence-electron chi connectivity index (χ0n) is 14.4. The fourth-order valence-electron chi connectivity index (χ4n) is 2.04. The summed E-state index contributed by atoms with van der Waals surface area (Å²) in [6.07, 6.45) is 0. The van der Waals surface area contributed by atoms with E-state index in [-0.39, 0.29) is 24.3 Å². The van der Waals surface area contributed by atoms with Crippen LogP contribution in [0.25, 0.3) is 0 Å². The van der Waals surface area contributed by atoms with Crippen molar-refractivity contribution in [1.82, 2.24) is 21.3 Å². The monoisotopic (exact) mass is 334 g/mol. The van der Waals surface area contributed by atoms with Crippen LogP contribution in [0.2, 0.25) is 0 Å². The van der Waals surface area contributed by atoms with Crippen LogP contribution in [-0.2, 0) is 16.1 Å². The van der Waals surface area contributed by atoms with Crippen LogP contribution >= 0.6 is 0 Å². The highest BCUT2D eigenvalue weighted by Gasteiger charge is 2.24. The molecule has 7 nitrogen and oxygen atoms in total. The van der Waals surface area contributed by atoms with E-state index in [0.29, 0.717) is 13.1 Å². The molecule has 1 rings (SSSR count). The molecule has 0 aliphatic heterocycles. The SMILES string of the molecule is CCNC(=O)CNC(=O)C(NC(=O)NCc1ccccc1)C(C)C. The van der Waals surface area contributed by atoms with Gasteiger partial charge in [-0.3, -0.25) is 9.59 Å². The Hall–Kier alpha value is -2.57. The van der Waals surface area contributed by atoms with E-state index in [1.54, 1.807) is 6.92 Å². The summed E-state index contributed by atoms with van der Waals surface area (Å²) in [6, 6.07) is 8.35. The van der Waals surface area contributed by atoms with Crippen molar-refractivity contribution in [2.24, 2.45) is 5.92 Å². The Bertz CT molecular complexity index is 546. The Labute approximate surface area is 142 Å². The summed E-state index contributed by atoms with van der Waals surface area (Å²) in [4.78, 5) is 35.6. The second kappa shape index (κ2) is 10.3. The molecule has 0 aliphatic carbocycles. The first-order valence-electron chi connectivity index (χ1n) is 8.06. The van der Waals surface area contributed by atoms with E-state index in [1.165, 1.54) is 0 Å². The van der Waals surface area contributed by atoms with Gasteiger partial charge in [-0.1, -0.05) is 44.2 Å². The number of rotatable bonds is 8. The van der Waals surface area contributed by atoms with Gasteiger partial charge < -0.3 is 21.3 Å². The lowest BCUT2D eigenvalue weighted by molar-refractivity contribution is -0.127. The summed E-state index contributed by atoms with van der Waals surface area (Å²) in [5.41, 5.74) is 0.967. The molecule has 4 amide bonds. The van der Waals surface area contributed by atoms with Crippen molar-refractivity contribution < 1.29 is 14.4 Å². The van der Waals surface area contributed by atoms with Crippen LogP contribution in [0.4, 0.5) is 4.79 Å². The van der Waals surface area contributed by atoms with Crippen LogP contribution in [0.1, 0.15) is 26.3 Å². The fourth-order valence-corrected chi connectivity index (χ4v) is 2.04. The van der Waals surface area contributed by atoms with Crippen LogP contribution in [0.15, 0.2) is 30.3 Å². The molecule has 0 saturated carbocycles. The van der Waals surface area contributed by atoms with Crippen molar-refractivity contribution in [3.63, 3.8) is 0 Å². The number of hydrogen-bond acceptors (Lipinski definition) is 3. The molecule has 1 aromatic rings. The smallest absolute Gasteiger partial charge is 0.315 e. The van der Waals surface area contributed by atoms with Gasteiger partial charge in [0.25, 0.3) is 0 Å². The molecule has 0 radical (unpaired) electrons. The normalized spacial score (nSPS) is 11.5. The minimum atomic E-state index is -0.713. The first kappa shape index (κ1) is 19.5. The van der Waals surface area contributed by atoms with Crippen LogP contribution in [0.5, 0.6) is 0 Å². The van der Waals surface area contributed by atoms with Gasteiger partial charge in [-0.25, -0.2) is 4.79 Å². The summed E-state index contributed by atoms with van der Waals surface area (Å²) in [5, 5.41) is 10.5. The molecule has 24 heavy (non-hydrogen) atoms. The third kappa shape index (κ3) is 7.13. The Kier molecular flexibility index (Phi) is 8.32. The third-order valence-corrected chi connectivity index (χ3v) is 3.33. The highest BCUT2D eigenvalue weighted by Crippen LogP contribution is 2.02. The van der Waals surface area contributed by atoms with Crippen molar-refractivity contribution in [3.05, 3.63) is 35.9 Å². The number of likely N-dealkylation sites (N-methyl/N-ethyl adjacent to an activating group) is 1. The number of carbonyl (C=O) groups excluding carboxylic acids is 3. The van der Waals surface area contributed by atoms with Gasteiger partial charge in [0.2, 0.25) is 11.8 Å². The van der Waals surface area contributed by atoms with Crippen LogP contribution in [0.3, 0.4) is 0 Å². The topological polar surface area (TPSA) is 99.3 Å². The number of nitrogens with one attached hydrogen (secondary N) is 4. The molecule has 1 atom stereocenters. The predicted octanol–water partition coefficient (Wildman–Crippen LogP) is 0.763. The molecule has 0 saturated heterocycles. The van der Waals surface area contributed by atoms with Gasteiger partial charge in [0.05, 0.1) is 6.54 Å². The van der Waals surface area contributed by atoms with Gasteiger partial charge in [0.1, 0.15) is 6.04 Å². The zero-order valence-corrected chi connectivity index (χ0v) is 14.4. The summed E-state index contributed by atoms with van der Waals surface area (Å²) < 4.78 is 0. The lowest BCUT2D eigenvalue weighted by Gasteiger charge is -2.21. The van der Waals surface area contributed by atoms with E-state index >= 15 is 0 Å². The molecule has 0 heterocycles. The number of carbonyl (C=O) groups is 3. The first-order valence-corrected chi connectivity index (χ1v) is 8.06. The van der Waals surface area contributed by atoms with Crippen molar-refractivity contribution >= 4 is 17.8 Å². The summed E-state index contributed by atoms with van der Waals surface area (Å²) in [5.74, 6) is -0.755. The van der Waals surface area contributed by atoms with Crippen LogP contribution in [0, 0.1) is 5.92 Å². The molecule has 0 spiro atoms. The van der Waals surface area contributed by atoms with Crippen molar-refractivity contribution in [2.75, 3.05) is 13.1 Å². The van der Waals surface area contributed by atoms with E-state index in [0.717, 1.165) is 5.56 Å². The molecule has 1 aromatic carbocycles. The number of benzene rings is 1. The Morgan fingerprint density at radius 3 is 2.25 bits per heavy atom. The minimum Gasteiger partial charge on any atom is -0.355 e. The van der Waals surface area contributed by atoms with E-state index in [2.05, 4.69) is 21.3 Å². The first-order chi connectivity index (χ1) is 11.4. The molecule has 0 aliphatic rings. The Morgan fingerprint density at radius 2 is 1.67 bits per heavy atom. The van der Waals surface area contributed by atoms with E-state index < -0.39 is 12.1 Å². The average Bonchev–Trinajstić information content (AvgIpc) is 2.56. The van der Waals surface area contributed by atoms with Crippen LogP contribution < -0.4 is 21.3 Å². The number of amides is 4. The summed E-state index contributed by atoms with van der Waals surface area (Å²) in [7, 11) is 0. The molecule has 4 N–H and O–H groups in total. The van der Waals surface area contributed by atoms with Gasteiger partial charge in [-0.05, 0) is 18.4 Å². The number of hydrogen-bond donors (Lipinski definition) is 4. The van der Waals surface area contributed by atoms with E-state index in [9.17, 15) is 14.4 Å². The largest absolute Gasteiger partial charge is 0.355 e. The lowest BCUT2D eigenvalue weighted by atomic mass is 10.0. The molecule has 0 aromatic heterocycles. The summed E-state index contributed by atoms with van der Waals surface area (Å²) >= 11 is 0. The standard InChI is InChI=1S/C17H26N4O3/c1-4-18-14(22)11-19-16(23)15(12(2)3)21-17(24)20-10-13-8-6-5-7-9-13/h5-9,12,15H,4,10-11H2,1-3H3,(H,18,22)(H,19,23)(H2,20,21,24). The van der Waals surface area contributed by atoms with Crippen LogP contribution in [-0.4, -0.2) is 37.0 Å². The van der Waals surface area contributed by atoms with Crippen molar-refractivity contribution in [1.29, 1.82) is 0 Å². The Morgan fingerprint density at radius 1 is 1.00 bits per heavy atom. The molecule has 0 fully saturated rings. The number of urea groups is 1. The quantitative estimate of drug-likeness (QED) is 0.565. The maximum absolute atomic E-state index is 12.2. The lowest BCUT2D eigenvalue weighted by Crippen LogP contribution is -2.53. The molecule has 0 bridgehead atoms. The predicted molar refractivity (Wildman–Crippen MR) is 92.1 cm³/mol. The average molecular weight is 334 g/mol. The minimum absolute atomic E-state index is 0.108. The van der Waals surface area contributed by atoms with Gasteiger partial charge in [-0.15, -0.1) is 0 Å². The van der Waals surface area contributed by atoms with Gasteiger partial charge in [0, 0.05) is 13.1 Å². The third-order valence-electron chi connectivity index (χ3n) is 3.33. The zero-order chi connectivity index (χ0) is 17.9. The molecular formula is C17H26N4O3.